The lowest BCUT2D eigenvalue weighted by molar-refractivity contribution is 0.290. The fourth-order valence-electron chi connectivity index (χ4n) is 3.50. The molecule has 0 saturated heterocycles. The molecule has 0 aliphatic heterocycles. The molecule has 0 saturated carbocycles. The molecule has 0 fully saturated rings. The summed E-state index contributed by atoms with van der Waals surface area (Å²) in [4.78, 5) is 2.44. The molecule has 2 aromatic carbocycles. The lowest BCUT2D eigenvalue weighted by Crippen LogP contribution is -2.24. The first-order chi connectivity index (χ1) is 15.9. The summed E-state index contributed by atoms with van der Waals surface area (Å²) in [5.74, 6) is 7.33. The Balaban J connectivity index is 1.58. The Hall–Kier alpha value is -2.80. The number of nitrogens with zero attached hydrogens (tertiary/aromatic N) is 1. The Morgan fingerprint density at radius 1 is 1.00 bits per heavy atom. The minimum atomic E-state index is 0.0408. The number of ether oxygens (including phenoxy) is 1. The van der Waals surface area contributed by atoms with E-state index in [1.54, 1.807) is 11.3 Å². The highest BCUT2D eigenvalue weighted by Crippen LogP contribution is 2.24. The molecule has 172 valence electrons. The third-order valence-electron chi connectivity index (χ3n) is 5.04. The highest BCUT2D eigenvalue weighted by atomic mass is 32.1. The predicted octanol–water partition coefficient (Wildman–Crippen LogP) is 7.81. The molecule has 0 radical (unpaired) electrons. The van der Waals surface area contributed by atoms with Crippen LogP contribution in [0, 0.1) is 17.3 Å². The van der Waals surface area contributed by atoms with Crippen LogP contribution >= 0.6 is 11.3 Å². The molecule has 1 heterocycles. The van der Waals surface area contributed by atoms with E-state index in [2.05, 4.69) is 110 Å². The summed E-state index contributed by atoms with van der Waals surface area (Å²) in [5.41, 5.74) is 4.99. The van der Waals surface area contributed by atoms with Crippen molar-refractivity contribution in [3.63, 3.8) is 0 Å². The summed E-state index contributed by atoms with van der Waals surface area (Å²) in [6.07, 6.45) is 5.27. The Labute approximate surface area is 203 Å². The Bertz CT molecular complexity index is 1080. The van der Waals surface area contributed by atoms with Crippen LogP contribution in [-0.2, 0) is 13.2 Å². The monoisotopic (exact) mass is 457 g/mol. The highest BCUT2D eigenvalue weighted by Gasteiger charge is 2.06. The molecule has 0 N–H and O–H groups in total. The van der Waals surface area contributed by atoms with Gasteiger partial charge in [0.25, 0.3) is 0 Å². The molecule has 0 aliphatic carbocycles. The lowest BCUT2D eigenvalue weighted by atomic mass is 9.98. The molecule has 0 aliphatic rings. The second kappa shape index (κ2) is 12.4. The van der Waals surface area contributed by atoms with Gasteiger partial charge in [-0.15, -0.1) is 0 Å². The molecule has 0 spiro atoms. The van der Waals surface area contributed by atoms with Crippen LogP contribution in [0.15, 0.2) is 77.5 Å². The summed E-state index contributed by atoms with van der Waals surface area (Å²) in [6, 6.07) is 19.2. The van der Waals surface area contributed by atoms with Crippen LogP contribution in [0.5, 0.6) is 5.75 Å². The van der Waals surface area contributed by atoms with Crippen molar-refractivity contribution in [1.82, 2.24) is 4.90 Å². The molecular weight excluding hydrogens is 422 g/mol. The Morgan fingerprint density at radius 2 is 1.82 bits per heavy atom. The smallest absolute Gasteiger partial charge is 0.120 e. The number of hydrogen-bond donors (Lipinski definition) is 0. The normalized spacial score (nSPS) is 11.5. The summed E-state index contributed by atoms with van der Waals surface area (Å²) in [7, 11) is 0. The maximum atomic E-state index is 6.14. The van der Waals surface area contributed by atoms with Gasteiger partial charge in [-0.1, -0.05) is 55.2 Å². The van der Waals surface area contributed by atoms with Gasteiger partial charge < -0.3 is 4.74 Å². The maximum Gasteiger partial charge on any atom is 0.120 e. The van der Waals surface area contributed by atoms with Gasteiger partial charge in [-0.05, 0) is 97.1 Å². The van der Waals surface area contributed by atoms with E-state index in [4.69, 9.17) is 4.74 Å². The predicted molar refractivity (Wildman–Crippen MR) is 142 cm³/mol. The number of hydrogen-bond acceptors (Lipinski definition) is 3. The quantitative estimate of drug-likeness (QED) is 0.288. The molecule has 2 nitrogen and oxygen atoms in total. The van der Waals surface area contributed by atoms with Gasteiger partial charge in [-0.25, -0.2) is 0 Å². The van der Waals surface area contributed by atoms with E-state index in [-0.39, 0.29) is 5.41 Å². The van der Waals surface area contributed by atoms with Crippen molar-refractivity contribution in [2.45, 2.75) is 47.3 Å². The highest BCUT2D eigenvalue weighted by molar-refractivity contribution is 7.08. The zero-order chi connectivity index (χ0) is 23.5. The standard InChI is InChI=1S/C30H35NOS/c1-5-17-31(18-8-6-7-16-30(2,3)4)22-25-11-10-14-29(21-25)32-23-26-12-9-13-27(20-26)28-15-19-33-24-28/h6,8-15,19-21,24H,5,17-18,22-23H2,1-4H3/b8-6+. The SMILES string of the molecule is CCCN(C/C=C/C#CC(C)(C)C)Cc1cccc(OCc2cccc(-c3ccsc3)c2)c1. The Kier molecular flexibility index (Phi) is 9.36. The molecule has 3 aromatic rings. The fourth-order valence-corrected chi connectivity index (χ4v) is 4.16. The molecule has 0 amide bonds. The van der Waals surface area contributed by atoms with Crippen LogP contribution in [0.2, 0.25) is 0 Å². The van der Waals surface area contributed by atoms with Gasteiger partial charge in [0.1, 0.15) is 12.4 Å². The first-order valence-electron chi connectivity index (χ1n) is 11.7. The van der Waals surface area contributed by atoms with E-state index >= 15 is 0 Å². The van der Waals surface area contributed by atoms with Gasteiger partial charge in [0.15, 0.2) is 0 Å². The molecule has 0 bridgehead atoms. The summed E-state index contributed by atoms with van der Waals surface area (Å²) in [5, 5.41) is 4.29. The van der Waals surface area contributed by atoms with Crippen LogP contribution < -0.4 is 4.74 Å². The Morgan fingerprint density at radius 3 is 2.58 bits per heavy atom. The van der Waals surface area contributed by atoms with Gasteiger partial charge >= 0.3 is 0 Å². The maximum absolute atomic E-state index is 6.14. The number of thiophene rings is 1. The third kappa shape index (κ3) is 8.92. The van der Waals surface area contributed by atoms with E-state index in [0.717, 1.165) is 31.8 Å². The lowest BCUT2D eigenvalue weighted by Gasteiger charge is -2.20. The van der Waals surface area contributed by atoms with Crippen molar-refractivity contribution in [3.05, 3.63) is 88.6 Å². The van der Waals surface area contributed by atoms with Crippen LogP contribution in [0.1, 0.15) is 45.2 Å². The first-order valence-corrected chi connectivity index (χ1v) is 12.6. The van der Waals surface area contributed by atoms with Gasteiger partial charge in [-0.3, -0.25) is 4.90 Å². The minimum absolute atomic E-state index is 0.0408. The van der Waals surface area contributed by atoms with E-state index in [1.807, 2.05) is 12.1 Å². The number of rotatable bonds is 10. The molecule has 1 aromatic heterocycles. The van der Waals surface area contributed by atoms with Crippen LogP contribution in [0.3, 0.4) is 0 Å². The average molecular weight is 458 g/mol. The molecular formula is C30H35NOS. The molecule has 3 heteroatoms. The summed E-state index contributed by atoms with van der Waals surface area (Å²) in [6.45, 7) is 12.0. The van der Waals surface area contributed by atoms with E-state index in [1.165, 1.54) is 22.3 Å². The molecule has 33 heavy (non-hydrogen) atoms. The van der Waals surface area contributed by atoms with Crippen molar-refractivity contribution < 1.29 is 4.74 Å². The first kappa shape index (κ1) is 24.8. The minimum Gasteiger partial charge on any atom is -0.489 e. The van der Waals surface area contributed by atoms with Crippen molar-refractivity contribution in [1.29, 1.82) is 0 Å². The fraction of sp³-hybridized carbons (Fsp3) is 0.333. The average Bonchev–Trinajstić information content (AvgIpc) is 3.32. The van der Waals surface area contributed by atoms with Crippen molar-refractivity contribution in [3.8, 4) is 28.7 Å². The van der Waals surface area contributed by atoms with E-state index < -0.39 is 0 Å². The summed E-state index contributed by atoms with van der Waals surface area (Å²) < 4.78 is 6.14. The van der Waals surface area contributed by atoms with Crippen LogP contribution in [-0.4, -0.2) is 18.0 Å². The number of benzene rings is 2. The van der Waals surface area contributed by atoms with Gasteiger partial charge in [-0.2, -0.15) is 11.3 Å². The third-order valence-corrected chi connectivity index (χ3v) is 5.73. The van der Waals surface area contributed by atoms with Crippen molar-refractivity contribution in [2.24, 2.45) is 5.41 Å². The van der Waals surface area contributed by atoms with Gasteiger partial charge in [0.2, 0.25) is 0 Å². The second-order valence-corrected chi connectivity index (χ2v) is 10.1. The van der Waals surface area contributed by atoms with E-state index in [0.29, 0.717) is 6.61 Å². The zero-order valence-corrected chi connectivity index (χ0v) is 21.1. The van der Waals surface area contributed by atoms with Crippen LogP contribution in [0.4, 0.5) is 0 Å². The van der Waals surface area contributed by atoms with E-state index in [9.17, 15) is 0 Å². The topological polar surface area (TPSA) is 12.5 Å². The zero-order valence-electron chi connectivity index (χ0n) is 20.3. The number of allylic oxidation sites excluding steroid dienone is 1. The molecule has 0 unspecified atom stereocenters. The summed E-state index contributed by atoms with van der Waals surface area (Å²) >= 11 is 1.72. The molecule has 3 rings (SSSR count). The van der Waals surface area contributed by atoms with Gasteiger partial charge in [0.05, 0.1) is 0 Å². The van der Waals surface area contributed by atoms with Crippen LogP contribution in [0.25, 0.3) is 11.1 Å². The van der Waals surface area contributed by atoms with Crippen molar-refractivity contribution >= 4 is 11.3 Å². The largest absolute Gasteiger partial charge is 0.489 e. The van der Waals surface area contributed by atoms with Gasteiger partial charge in [0, 0.05) is 18.5 Å². The second-order valence-electron chi connectivity index (χ2n) is 9.31. The molecule has 0 atom stereocenters. The van der Waals surface area contributed by atoms with Crippen molar-refractivity contribution in [2.75, 3.05) is 13.1 Å².